The van der Waals surface area contributed by atoms with Gasteiger partial charge in [0.25, 0.3) is 0 Å². The topological polar surface area (TPSA) is 78.6 Å². The van der Waals surface area contributed by atoms with E-state index in [1.165, 1.54) is 0 Å². The first-order valence-electron chi connectivity index (χ1n) is 8.43. The van der Waals surface area contributed by atoms with Gasteiger partial charge in [-0.1, -0.05) is 26.0 Å². The lowest BCUT2D eigenvalue weighted by Crippen LogP contribution is -2.55. The second-order valence-electron chi connectivity index (χ2n) is 7.16. The summed E-state index contributed by atoms with van der Waals surface area (Å²) in [4.78, 5) is 19.0. The Balaban J connectivity index is 1.85. The number of para-hydroxylation sites is 2. The van der Waals surface area contributed by atoms with E-state index in [1.54, 1.807) is 11.8 Å². The molecule has 0 spiro atoms. The number of nitrogens with zero attached hydrogens (tertiary/aromatic N) is 3. The van der Waals surface area contributed by atoms with Crippen molar-refractivity contribution in [3.63, 3.8) is 0 Å². The molecule has 2 heterocycles. The molecule has 1 fully saturated rings. The Morgan fingerprint density at radius 2 is 2.12 bits per heavy atom. The maximum atomic E-state index is 12.7. The molecule has 2 aromatic rings. The average molecular weight is 331 g/mol. The van der Waals surface area contributed by atoms with Gasteiger partial charge in [-0.25, -0.2) is 4.98 Å². The van der Waals surface area contributed by atoms with E-state index < -0.39 is 11.7 Å². The molecular formula is C18H25N3O3. The Morgan fingerprint density at radius 1 is 1.42 bits per heavy atom. The van der Waals surface area contributed by atoms with E-state index in [-0.39, 0.29) is 24.9 Å². The molecule has 0 radical (unpaired) electrons. The number of carbonyl (C=O) groups is 1. The third-order valence-electron chi connectivity index (χ3n) is 4.85. The molecule has 1 amide bonds. The minimum Gasteiger partial charge on any atom is -0.388 e. The Morgan fingerprint density at radius 3 is 2.79 bits per heavy atom. The van der Waals surface area contributed by atoms with Gasteiger partial charge >= 0.3 is 0 Å². The number of amides is 1. The van der Waals surface area contributed by atoms with Gasteiger partial charge in [0, 0.05) is 19.0 Å². The zero-order chi connectivity index (χ0) is 17.5. The van der Waals surface area contributed by atoms with Crippen molar-refractivity contribution in [2.75, 3.05) is 13.1 Å². The quantitative estimate of drug-likeness (QED) is 0.893. The number of β-amino-alcohol motifs (C(OH)–C–C–N with tert-alkyl or cyclic N) is 1. The molecule has 2 atom stereocenters. The van der Waals surface area contributed by atoms with Crippen LogP contribution in [0.2, 0.25) is 0 Å². The number of aliphatic hydroxyl groups is 2. The highest BCUT2D eigenvalue weighted by atomic mass is 16.3. The predicted octanol–water partition coefficient (Wildman–Crippen LogP) is 1.50. The van der Waals surface area contributed by atoms with Crippen LogP contribution in [0.5, 0.6) is 0 Å². The third-order valence-corrected chi connectivity index (χ3v) is 4.85. The van der Waals surface area contributed by atoms with Crippen LogP contribution in [0.3, 0.4) is 0 Å². The molecule has 0 unspecified atom stereocenters. The van der Waals surface area contributed by atoms with E-state index >= 15 is 0 Å². The van der Waals surface area contributed by atoms with Crippen LogP contribution in [0.25, 0.3) is 11.0 Å². The van der Waals surface area contributed by atoms with Gasteiger partial charge in [0.05, 0.1) is 22.7 Å². The van der Waals surface area contributed by atoms with Crippen molar-refractivity contribution in [1.82, 2.24) is 14.5 Å². The Bertz CT molecular complexity index is 751. The first kappa shape index (κ1) is 16.9. The number of benzene rings is 1. The van der Waals surface area contributed by atoms with Crippen LogP contribution in [0.15, 0.2) is 24.3 Å². The summed E-state index contributed by atoms with van der Waals surface area (Å²) in [6.07, 6.45) is -0.541. The fraction of sp³-hybridized carbons (Fsp3) is 0.556. The van der Waals surface area contributed by atoms with Gasteiger partial charge in [0.15, 0.2) is 0 Å². The van der Waals surface area contributed by atoms with Gasteiger partial charge in [-0.15, -0.1) is 0 Å². The van der Waals surface area contributed by atoms with Crippen molar-refractivity contribution < 1.29 is 15.0 Å². The van der Waals surface area contributed by atoms with E-state index in [1.807, 2.05) is 28.8 Å². The van der Waals surface area contributed by atoms with Crippen molar-refractivity contribution in [1.29, 1.82) is 0 Å². The minimum absolute atomic E-state index is 0.0606. The molecule has 0 saturated carbocycles. The van der Waals surface area contributed by atoms with Crippen LogP contribution in [0.4, 0.5) is 0 Å². The van der Waals surface area contributed by atoms with Crippen LogP contribution in [0, 0.1) is 0 Å². The number of hydrogen-bond acceptors (Lipinski definition) is 4. The Labute approximate surface area is 141 Å². The van der Waals surface area contributed by atoms with Gasteiger partial charge in [-0.2, -0.15) is 0 Å². The number of carbonyl (C=O) groups excluding carboxylic acids is 1. The minimum atomic E-state index is -1.12. The summed E-state index contributed by atoms with van der Waals surface area (Å²) < 4.78 is 1.96. The summed E-state index contributed by atoms with van der Waals surface area (Å²) in [5.41, 5.74) is 0.705. The van der Waals surface area contributed by atoms with E-state index in [0.29, 0.717) is 13.0 Å². The van der Waals surface area contributed by atoms with Gasteiger partial charge in [0.1, 0.15) is 12.4 Å². The number of aliphatic hydroxyl groups excluding tert-OH is 1. The molecule has 0 aliphatic carbocycles. The zero-order valence-electron chi connectivity index (χ0n) is 14.4. The highest BCUT2D eigenvalue weighted by Crippen LogP contribution is 2.24. The van der Waals surface area contributed by atoms with Gasteiger partial charge in [-0.05, 0) is 25.5 Å². The van der Waals surface area contributed by atoms with Gasteiger partial charge in [0.2, 0.25) is 5.91 Å². The molecule has 24 heavy (non-hydrogen) atoms. The van der Waals surface area contributed by atoms with E-state index in [4.69, 9.17) is 0 Å². The van der Waals surface area contributed by atoms with Gasteiger partial charge in [-0.3, -0.25) is 4.79 Å². The molecule has 2 N–H and O–H groups in total. The van der Waals surface area contributed by atoms with E-state index in [9.17, 15) is 15.0 Å². The Hall–Kier alpha value is -1.92. The number of hydrogen-bond donors (Lipinski definition) is 2. The fourth-order valence-corrected chi connectivity index (χ4v) is 3.19. The normalized spacial score (nSPS) is 24.8. The first-order chi connectivity index (χ1) is 11.3. The van der Waals surface area contributed by atoms with Crippen molar-refractivity contribution >= 4 is 16.9 Å². The molecule has 0 bridgehead atoms. The van der Waals surface area contributed by atoms with Crippen molar-refractivity contribution in [3.8, 4) is 0 Å². The van der Waals surface area contributed by atoms with Crippen LogP contribution in [-0.2, 0) is 11.3 Å². The third kappa shape index (κ3) is 3.03. The number of piperidine rings is 1. The number of rotatable bonds is 3. The number of likely N-dealkylation sites (tertiary alicyclic amines) is 1. The smallest absolute Gasteiger partial charge is 0.242 e. The summed E-state index contributed by atoms with van der Waals surface area (Å²) in [6, 6.07) is 7.80. The van der Waals surface area contributed by atoms with Crippen LogP contribution in [0.1, 0.15) is 38.9 Å². The highest BCUT2D eigenvalue weighted by Gasteiger charge is 2.38. The lowest BCUT2D eigenvalue weighted by Gasteiger charge is -2.40. The standard InChI is InChI=1S/C18H25N3O3/c1-12(2)17-19-13-6-4-5-7-14(13)21(17)11-16(23)20-9-8-18(3,24)15(22)10-20/h4-7,12,15,22,24H,8-11H2,1-3H3/t15-,18+/m1/s1. The highest BCUT2D eigenvalue weighted by molar-refractivity contribution is 5.81. The number of imidazole rings is 1. The second kappa shape index (κ2) is 6.18. The summed E-state index contributed by atoms with van der Waals surface area (Å²) in [5, 5.41) is 20.1. The molecule has 1 aromatic heterocycles. The molecule has 1 saturated heterocycles. The van der Waals surface area contributed by atoms with E-state index in [0.717, 1.165) is 16.9 Å². The maximum absolute atomic E-state index is 12.7. The van der Waals surface area contributed by atoms with Gasteiger partial charge < -0.3 is 19.7 Å². The van der Waals surface area contributed by atoms with E-state index in [2.05, 4.69) is 18.8 Å². The van der Waals surface area contributed by atoms with Crippen molar-refractivity contribution in [3.05, 3.63) is 30.1 Å². The largest absolute Gasteiger partial charge is 0.388 e. The number of aromatic nitrogens is 2. The molecule has 1 aliphatic rings. The van der Waals surface area contributed by atoms with Crippen LogP contribution >= 0.6 is 0 Å². The lowest BCUT2D eigenvalue weighted by atomic mass is 9.91. The predicted molar refractivity (Wildman–Crippen MR) is 91.6 cm³/mol. The molecule has 3 rings (SSSR count). The monoisotopic (exact) mass is 331 g/mol. The number of fused-ring (bicyclic) bond motifs is 1. The molecule has 130 valence electrons. The summed E-state index contributed by atoms with van der Waals surface area (Å²) >= 11 is 0. The Kier molecular flexibility index (Phi) is 4.36. The summed E-state index contributed by atoms with van der Waals surface area (Å²) in [7, 11) is 0. The molecule has 6 heteroatoms. The zero-order valence-corrected chi connectivity index (χ0v) is 14.4. The van der Waals surface area contributed by atoms with Crippen molar-refractivity contribution in [2.24, 2.45) is 0 Å². The molecular weight excluding hydrogens is 306 g/mol. The summed E-state index contributed by atoms with van der Waals surface area (Å²) in [5.74, 6) is 1.03. The fourth-order valence-electron chi connectivity index (χ4n) is 3.19. The first-order valence-corrected chi connectivity index (χ1v) is 8.43. The second-order valence-corrected chi connectivity index (χ2v) is 7.16. The lowest BCUT2D eigenvalue weighted by molar-refractivity contribution is -0.146. The SMILES string of the molecule is CC(C)c1nc2ccccc2n1CC(=O)N1CC[C@](C)(O)[C@H](O)C1. The van der Waals surface area contributed by atoms with Crippen LogP contribution < -0.4 is 0 Å². The molecule has 1 aromatic carbocycles. The van der Waals surface area contributed by atoms with Crippen molar-refractivity contribution in [2.45, 2.75) is 51.4 Å². The molecule has 1 aliphatic heterocycles. The summed E-state index contributed by atoms with van der Waals surface area (Å²) in [6.45, 7) is 6.54. The van der Waals surface area contributed by atoms with Crippen LogP contribution in [-0.4, -0.2) is 55.4 Å². The average Bonchev–Trinajstić information content (AvgIpc) is 2.89. The molecule has 6 nitrogen and oxygen atoms in total. The maximum Gasteiger partial charge on any atom is 0.242 e.